The normalized spacial score (nSPS) is 19.0. The van der Waals surface area contributed by atoms with Gasteiger partial charge >= 0.3 is 5.69 Å². The zero-order valence-corrected chi connectivity index (χ0v) is 11.9. The number of nitro benzene ring substituents is 1. The van der Waals surface area contributed by atoms with Crippen LogP contribution in [0.2, 0.25) is 0 Å². The molecule has 0 aliphatic carbocycles. The molecular formula is C11H9BrClFN2O3. The molecule has 2 rings (SSSR count). The maximum Gasteiger partial charge on any atom is 0.306 e. The Morgan fingerprint density at radius 3 is 2.79 bits per heavy atom. The van der Waals surface area contributed by atoms with Crippen molar-refractivity contribution in [1.82, 2.24) is 0 Å². The number of halogens is 3. The van der Waals surface area contributed by atoms with E-state index in [0.29, 0.717) is 29.0 Å². The Hall–Kier alpha value is -1.21. The molecule has 1 unspecified atom stereocenters. The van der Waals surface area contributed by atoms with Crippen LogP contribution in [0.15, 0.2) is 16.6 Å². The first-order valence-corrected chi connectivity index (χ1v) is 6.76. The van der Waals surface area contributed by atoms with Crippen LogP contribution in [0.3, 0.4) is 0 Å². The lowest BCUT2D eigenvalue weighted by Crippen LogP contribution is -2.25. The van der Waals surface area contributed by atoms with Crippen molar-refractivity contribution in [3.05, 3.63) is 32.5 Å². The predicted molar refractivity (Wildman–Crippen MR) is 71.9 cm³/mol. The lowest BCUT2D eigenvalue weighted by Gasteiger charge is -2.18. The summed E-state index contributed by atoms with van der Waals surface area (Å²) in [6.07, 6.45) is 0.293. The van der Waals surface area contributed by atoms with E-state index in [1.165, 1.54) is 4.90 Å². The third kappa shape index (κ3) is 2.71. The van der Waals surface area contributed by atoms with Crippen LogP contribution in [-0.4, -0.2) is 23.3 Å². The summed E-state index contributed by atoms with van der Waals surface area (Å²) < 4.78 is 13.7. The second-order valence-electron chi connectivity index (χ2n) is 4.24. The molecule has 1 aliphatic heterocycles. The lowest BCUT2D eigenvalue weighted by molar-refractivity contribution is -0.387. The number of alkyl halides is 1. The number of amides is 1. The fourth-order valence-corrected chi connectivity index (χ4v) is 2.73. The summed E-state index contributed by atoms with van der Waals surface area (Å²) >= 11 is 8.83. The second kappa shape index (κ2) is 5.42. The number of nitrogens with zero attached hydrogens (tertiary/aromatic N) is 2. The third-order valence-electron chi connectivity index (χ3n) is 2.93. The molecule has 8 heteroatoms. The fourth-order valence-electron chi connectivity index (χ4n) is 1.99. The van der Waals surface area contributed by atoms with Crippen molar-refractivity contribution in [2.45, 2.75) is 6.42 Å². The summed E-state index contributed by atoms with van der Waals surface area (Å²) in [4.78, 5) is 23.2. The van der Waals surface area contributed by atoms with Gasteiger partial charge in [0.15, 0.2) is 0 Å². The molecule has 1 aliphatic rings. The van der Waals surface area contributed by atoms with Crippen LogP contribution < -0.4 is 4.90 Å². The summed E-state index contributed by atoms with van der Waals surface area (Å²) in [5.74, 6) is -0.776. The van der Waals surface area contributed by atoms with E-state index < -0.39 is 16.4 Å². The molecule has 1 aromatic rings. The van der Waals surface area contributed by atoms with Crippen molar-refractivity contribution in [3.8, 4) is 0 Å². The summed E-state index contributed by atoms with van der Waals surface area (Å²) in [5, 5.41) is 10.7. The average Bonchev–Trinajstić information content (AvgIpc) is 2.70. The van der Waals surface area contributed by atoms with Gasteiger partial charge in [-0.15, -0.1) is 11.6 Å². The first-order chi connectivity index (χ1) is 8.93. The highest BCUT2D eigenvalue weighted by Crippen LogP contribution is 2.36. The van der Waals surface area contributed by atoms with Crippen molar-refractivity contribution in [2.24, 2.45) is 5.92 Å². The standard InChI is InChI=1S/C11H9BrClFN2O3/c12-7-2-8(14)10(16(18)19)3-9(7)15-5-6(4-13)1-11(15)17/h2-3,6H,1,4-5H2. The number of rotatable bonds is 3. The summed E-state index contributed by atoms with van der Waals surface area (Å²) in [6, 6.07) is 2.06. The number of carbonyl (C=O) groups is 1. The quantitative estimate of drug-likeness (QED) is 0.477. The van der Waals surface area contributed by atoms with Crippen molar-refractivity contribution in [3.63, 3.8) is 0 Å². The van der Waals surface area contributed by atoms with E-state index in [1.54, 1.807) is 0 Å². The van der Waals surface area contributed by atoms with Crippen LogP contribution >= 0.6 is 27.5 Å². The van der Waals surface area contributed by atoms with E-state index in [4.69, 9.17) is 11.6 Å². The van der Waals surface area contributed by atoms with Crippen LogP contribution in [0, 0.1) is 21.8 Å². The van der Waals surface area contributed by atoms with Gasteiger partial charge in [-0.05, 0) is 27.9 Å². The highest BCUT2D eigenvalue weighted by Gasteiger charge is 2.32. The maximum absolute atomic E-state index is 13.4. The molecule has 0 saturated carbocycles. The van der Waals surface area contributed by atoms with Gasteiger partial charge in [0, 0.05) is 29.4 Å². The van der Waals surface area contributed by atoms with Crippen LogP contribution in [0.5, 0.6) is 0 Å². The van der Waals surface area contributed by atoms with Gasteiger partial charge in [-0.3, -0.25) is 14.9 Å². The molecule has 5 nitrogen and oxygen atoms in total. The zero-order chi connectivity index (χ0) is 14.2. The van der Waals surface area contributed by atoms with E-state index in [9.17, 15) is 19.3 Å². The molecule has 0 bridgehead atoms. The lowest BCUT2D eigenvalue weighted by atomic mass is 10.1. The monoisotopic (exact) mass is 350 g/mol. The van der Waals surface area contributed by atoms with Crippen molar-refractivity contribution >= 4 is 44.8 Å². The molecule has 0 spiro atoms. The highest BCUT2D eigenvalue weighted by molar-refractivity contribution is 9.10. The molecule has 0 aromatic heterocycles. The minimum atomic E-state index is -0.943. The molecule has 0 N–H and O–H groups in total. The number of hydrogen-bond donors (Lipinski definition) is 0. The number of hydrogen-bond acceptors (Lipinski definition) is 3. The Kier molecular flexibility index (Phi) is 4.05. The average molecular weight is 352 g/mol. The number of nitro groups is 1. The van der Waals surface area contributed by atoms with E-state index in [-0.39, 0.29) is 11.8 Å². The van der Waals surface area contributed by atoms with Gasteiger partial charge in [-0.2, -0.15) is 4.39 Å². The van der Waals surface area contributed by atoms with Crippen LogP contribution in [0.1, 0.15) is 6.42 Å². The van der Waals surface area contributed by atoms with E-state index >= 15 is 0 Å². The molecule has 1 atom stereocenters. The largest absolute Gasteiger partial charge is 0.311 e. The van der Waals surface area contributed by atoms with Gasteiger partial charge in [-0.25, -0.2) is 0 Å². The first-order valence-electron chi connectivity index (χ1n) is 5.43. The topological polar surface area (TPSA) is 63.5 Å². The minimum absolute atomic E-state index is 0.00479. The number of carbonyl (C=O) groups excluding carboxylic acids is 1. The Morgan fingerprint density at radius 1 is 1.58 bits per heavy atom. The smallest absolute Gasteiger partial charge is 0.306 e. The Morgan fingerprint density at radius 2 is 2.26 bits per heavy atom. The predicted octanol–water partition coefficient (Wildman–Crippen LogP) is 3.09. The number of benzene rings is 1. The molecule has 1 aromatic carbocycles. The highest BCUT2D eigenvalue weighted by atomic mass is 79.9. The van der Waals surface area contributed by atoms with Crippen LogP contribution in [0.25, 0.3) is 0 Å². The molecule has 1 amide bonds. The second-order valence-corrected chi connectivity index (χ2v) is 5.40. The van der Waals surface area contributed by atoms with Gasteiger partial charge in [0.05, 0.1) is 10.6 Å². The summed E-state index contributed by atoms with van der Waals surface area (Å²) in [5.41, 5.74) is -0.356. The third-order valence-corrected chi connectivity index (χ3v) is 4.00. The Labute approximate surface area is 121 Å². The molecule has 1 fully saturated rings. The van der Waals surface area contributed by atoms with Gasteiger partial charge in [0.2, 0.25) is 11.7 Å². The van der Waals surface area contributed by atoms with Gasteiger partial charge < -0.3 is 4.90 Å². The number of anilines is 1. The summed E-state index contributed by atoms with van der Waals surface area (Å²) in [6.45, 7) is 0.379. The molecule has 19 heavy (non-hydrogen) atoms. The van der Waals surface area contributed by atoms with Gasteiger partial charge in [-0.1, -0.05) is 0 Å². The zero-order valence-electron chi connectivity index (χ0n) is 9.61. The summed E-state index contributed by atoms with van der Waals surface area (Å²) in [7, 11) is 0. The molecular weight excluding hydrogens is 342 g/mol. The van der Waals surface area contributed by atoms with E-state index in [1.807, 2.05) is 0 Å². The molecule has 1 heterocycles. The SMILES string of the molecule is O=C1CC(CCl)CN1c1cc([N+](=O)[O-])c(F)cc1Br. The van der Waals surface area contributed by atoms with Crippen LogP contribution in [0.4, 0.5) is 15.8 Å². The maximum atomic E-state index is 13.4. The molecule has 1 saturated heterocycles. The van der Waals surface area contributed by atoms with E-state index in [0.717, 1.165) is 12.1 Å². The minimum Gasteiger partial charge on any atom is -0.311 e. The molecule has 102 valence electrons. The Balaban J connectivity index is 2.42. The van der Waals surface area contributed by atoms with Gasteiger partial charge in [0.25, 0.3) is 0 Å². The van der Waals surface area contributed by atoms with E-state index in [2.05, 4.69) is 15.9 Å². The van der Waals surface area contributed by atoms with Gasteiger partial charge in [0.1, 0.15) is 0 Å². The fraction of sp³-hybridized carbons (Fsp3) is 0.364. The van der Waals surface area contributed by atoms with Crippen molar-refractivity contribution < 1.29 is 14.1 Å². The first kappa shape index (κ1) is 14.2. The van der Waals surface area contributed by atoms with Crippen molar-refractivity contribution in [1.29, 1.82) is 0 Å². The van der Waals surface area contributed by atoms with Crippen molar-refractivity contribution in [2.75, 3.05) is 17.3 Å². The molecule has 0 radical (unpaired) electrons. The Bertz CT molecular complexity index is 555. The van der Waals surface area contributed by atoms with Crippen LogP contribution in [-0.2, 0) is 4.79 Å².